The third-order valence-corrected chi connectivity index (χ3v) is 4.50. The Morgan fingerprint density at radius 1 is 1.19 bits per heavy atom. The number of hydrazone groups is 1. The smallest absolute Gasteiger partial charge is 0.261 e. The zero-order chi connectivity index (χ0) is 18.9. The summed E-state index contributed by atoms with van der Waals surface area (Å²) in [6, 6.07) is 10.6. The molecule has 1 heterocycles. The fraction of sp³-hybridized carbons (Fsp3) is 0.300. The number of rotatable bonds is 3. The lowest BCUT2D eigenvalue weighted by molar-refractivity contribution is -0.384. The Kier molecular flexibility index (Phi) is 4.59. The normalized spacial score (nSPS) is 15.5. The summed E-state index contributed by atoms with van der Waals surface area (Å²) in [5.74, 6) is 0.748. The number of non-ortho nitro benzene ring substituents is 1. The highest BCUT2D eigenvalue weighted by atomic mass is 16.6. The van der Waals surface area contributed by atoms with Crippen LogP contribution in [0.15, 0.2) is 46.5 Å². The second kappa shape index (κ2) is 6.71. The van der Waals surface area contributed by atoms with Gasteiger partial charge >= 0.3 is 0 Å². The van der Waals surface area contributed by atoms with Crippen LogP contribution in [0.5, 0.6) is 0 Å². The highest BCUT2D eigenvalue weighted by molar-refractivity contribution is 6.02. The van der Waals surface area contributed by atoms with Gasteiger partial charge in [0.05, 0.1) is 16.7 Å². The van der Waals surface area contributed by atoms with Gasteiger partial charge in [0.1, 0.15) is 5.84 Å². The molecular weight excluding hydrogens is 328 g/mol. The van der Waals surface area contributed by atoms with E-state index in [4.69, 9.17) is 4.99 Å². The summed E-state index contributed by atoms with van der Waals surface area (Å²) in [4.78, 5) is 15.1. The molecule has 26 heavy (non-hydrogen) atoms. The Morgan fingerprint density at radius 2 is 1.85 bits per heavy atom. The fourth-order valence-corrected chi connectivity index (χ4v) is 3.05. The van der Waals surface area contributed by atoms with Gasteiger partial charge in [0.2, 0.25) is 0 Å². The summed E-state index contributed by atoms with van der Waals surface area (Å²) in [7, 11) is 0. The van der Waals surface area contributed by atoms with Gasteiger partial charge in [0, 0.05) is 17.7 Å². The molecule has 0 spiro atoms. The van der Waals surface area contributed by atoms with Crippen LogP contribution >= 0.6 is 0 Å². The van der Waals surface area contributed by atoms with Gasteiger partial charge in [-0.1, -0.05) is 6.07 Å². The van der Waals surface area contributed by atoms with Crippen LogP contribution in [-0.4, -0.2) is 22.5 Å². The largest absolute Gasteiger partial charge is 0.269 e. The molecular formula is C20H22N4O2. The predicted molar refractivity (Wildman–Crippen MR) is 104 cm³/mol. The second-order valence-electron chi connectivity index (χ2n) is 7.26. The first-order chi connectivity index (χ1) is 12.2. The molecule has 0 aromatic heterocycles. The van der Waals surface area contributed by atoms with Crippen molar-refractivity contribution in [3.05, 3.63) is 74.3 Å². The molecule has 3 rings (SSSR count). The van der Waals surface area contributed by atoms with Crippen molar-refractivity contribution < 1.29 is 4.92 Å². The maximum atomic E-state index is 10.7. The van der Waals surface area contributed by atoms with Gasteiger partial charge in [-0.3, -0.25) is 20.5 Å². The average Bonchev–Trinajstić information content (AvgIpc) is 2.56. The van der Waals surface area contributed by atoms with E-state index in [1.165, 1.54) is 28.8 Å². The minimum atomic E-state index is -0.417. The summed E-state index contributed by atoms with van der Waals surface area (Å²) >= 11 is 0. The molecule has 134 valence electrons. The number of nitro benzene ring substituents is 1. The van der Waals surface area contributed by atoms with E-state index in [9.17, 15) is 10.1 Å². The molecule has 0 saturated heterocycles. The summed E-state index contributed by atoms with van der Waals surface area (Å²) in [6.07, 6.45) is 2.52. The van der Waals surface area contributed by atoms with Crippen molar-refractivity contribution in [3.8, 4) is 0 Å². The third-order valence-electron chi connectivity index (χ3n) is 4.50. The highest BCUT2D eigenvalue weighted by Gasteiger charge is 2.27. The Morgan fingerprint density at radius 3 is 2.50 bits per heavy atom. The van der Waals surface area contributed by atoms with E-state index in [0.29, 0.717) is 0 Å². The quantitative estimate of drug-likeness (QED) is 0.518. The summed E-state index contributed by atoms with van der Waals surface area (Å²) in [5.41, 5.74) is 8.53. The number of benzene rings is 2. The van der Waals surface area contributed by atoms with Crippen LogP contribution in [0.2, 0.25) is 0 Å². The van der Waals surface area contributed by atoms with Crippen LogP contribution in [0.4, 0.5) is 5.69 Å². The fourth-order valence-electron chi connectivity index (χ4n) is 3.05. The van der Waals surface area contributed by atoms with E-state index < -0.39 is 4.92 Å². The molecule has 1 N–H and O–H groups in total. The maximum Gasteiger partial charge on any atom is 0.269 e. The van der Waals surface area contributed by atoms with Crippen LogP contribution < -0.4 is 5.43 Å². The van der Waals surface area contributed by atoms with E-state index in [1.807, 2.05) is 0 Å². The van der Waals surface area contributed by atoms with Crippen LogP contribution in [0.3, 0.4) is 0 Å². The van der Waals surface area contributed by atoms with Gasteiger partial charge < -0.3 is 0 Å². The molecule has 6 heteroatoms. The number of nitrogens with one attached hydrogen (secondary N) is 1. The third kappa shape index (κ3) is 3.79. The van der Waals surface area contributed by atoms with Crippen molar-refractivity contribution in [1.82, 2.24) is 5.43 Å². The lowest BCUT2D eigenvalue weighted by Crippen LogP contribution is -2.34. The number of aliphatic imine (C=N–C) groups is 1. The molecule has 0 radical (unpaired) electrons. The van der Waals surface area contributed by atoms with Gasteiger partial charge in [-0.05, 0) is 74.6 Å². The molecule has 0 aliphatic carbocycles. The SMILES string of the molecule is Cc1cc2c(cc1C)C(N/N=C/c1ccc([N+](=O)[O-])cc1)=NC(C)(C)C2. The monoisotopic (exact) mass is 350 g/mol. The molecule has 0 unspecified atom stereocenters. The van der Waals surface area contributed by atoms with Gasteiger partial charge in [-0.2, -0.15) is 5.10 Å². The molecule has 2 aromatic rings. The van der Waals surface area contributed by atoms with E-state index in [-0.39, 0.29) is 11.2 Å². The van der Waals surface area contributed by atoms with E-state index in [0.717, 1.165) is 23.4 Å². The Balaban J connectivity index is 1.83. The Hall–Kier alpha value is -3.02. The number of fused-ring (bicyclic) bond motifs is 1. The zero-order valence-electron chi connectivity index (χ0n) is 15.4. The van der Waals surface area contributed by atoms with E-state index >= 15 is 0 Å². The van der Waals surface area contributed by atoms with Gasteiger partial charge in [-0.15, -0.1) is 0 Å². The van der Waals surface area contributed by atoms with Gasteiger partial charge in [0.25, 0.3) is 5.69 Å². The second-order valence-corrected chi connectivity index (χ2v) is 7.26. The summed E-state index contributed by atoms with van der Waals surface area (Å²) in [5, 5.41) is 15.0. The number of aryl methyl sites for hydroxylation is 2. The number of hydrogen-bond donors (Lipinski definition) is 1. The van der Waals surface area contributed by atoms with Crippen LogP contribution in [-0.2, 0) is 6.42 Å². The lowest BCUT2D eigenvalue weighted by atomic mass is 9.86. The lowest BCUT2D eigenvalue weighted by Gasteiger charge is -2.29. The van der Waals surface area contributed by atoms with Crippen molar-refractivity contribution >= 4 is 17.7 Å². The van der Waals surface area contributed by atoms with E-state index in [2.05, 4.69) is 50.4 Å². The molecule has 6 nitrogen and oxygen atoms in total. The zero-order valence-corrected chi connectivity index (χ0v) is 15.4. The van der Waals surface area contributed by atoms with E-state index in [1.54, 1.807) is 18.3 Å². The average molecular weight is 350 g/mol. The maximum absolute atomic E-state index is 10.7. The van der Waals surface area contributed by atoms with Crippen LogP contribution in [0.1, 0.15) is 41.7 Å². The molecule has 0 saturated carbocycles. The minimum Gasteiger partial charge on any atom is -0.261 e. The minimum absolute atomic E-state index is 0.0632. The number of nitrogens with zero attached hydrogens (tertiary/aromatic N) is 3. The van der Waals surface area contributed by atoms with Crippen molar-refractivity contribution in [3.63, 3.8) is 0 Å². The van der Waals surface area contributed by atoms with Crippen molar-refractivity contribution in [2.45, 2.75) is 39.7 Å². The Labute approximate surface area is 152 Å². The van der Waals surface area contributed by atoms with Gasteiger partial charge in [-0.25, -0.2) is 0 Å². The number of nitro groups is 1. The number of hydrogen-bond acceptors (Lipinski definition) is 5. The molecule has 0 bridgehead atoms. The van der Waals surface area contributed by atoms with Gasteiger partial charge in [0.15, 0.2) is 0 Å². The Bertz CT molecular complexity index is 912. The first-order valence-corrected chi connectivity index (χ1v) is 8.49. The first-order valence-electron chi connectivity index (χ1n) is 8.49. The van der Waals surface area contributed by atoms with Crippen molar-refractivity contribution in [1.29, 1.82) is 0 Å². The highest BCUT2D eigenvalue weighted by Crippen LogP contribution is 2.28. The topological polar surface area (TPSA) is 79.9 Å². The molecule has 1 aliphatic heterocycles. The molecule has 1 aliphatic rings. The molecule has 0 fully saturated rings. The first kappa shape index (κ1) is 17.8. The number of amidine groups is 1. The summed E-state index contributed by atoms with van der Waals surface area (Å²) < 4.78 is 0. The van der Waals surface area contributed by atoms with Crippen molar-refractivity contribution in [2.24, 2.45) is 10.1 Å². The standard InChI is InChI=1S/C20H22N4O2/c1-13-9-16-11-20(3,4)22-19(18(16)10-14(13)2)23-21-12-15-5-7-17(8-6-15)24(25)26/h5-10,12H,11H2,1-4H3,(H,22,23)/b21-12+. The molecule has 0 amide bonds. The van der Waals surface area contributed by atoms with Crippen molar-refractivity contribution in [2.75, 3.05) is 0 Å². The predicted octanol–water partition coefficient (Wildman–Crippen LogP) is 3.92. The molecule has 2 aromatic carbocycles. The molecule has 0 atom stereocenters. The van der Waals surface area contributed by atoms with Crippen LogP contribution in [0, 0.1) is 24.0 Å². The summed E-state index contributed by atoms with van der Waals surface area (Å²) in [6.45, 7) is 8.42. The van der Waals surface area contributed by atoms with Crippen LogP contribution in [0.25, 0.3) is 0 Å².